The molecule has 0 aromatic carbocycles. The standard InChI is InChI=1S/C15H29N/c1-10-12(14(3,4)5)13(15(6,7)8)11(2)16(10)9/h10-11H,1-9H3. The molecule has 94 valence electrons. The van der Waals surface area contributed by atoms with Crippen molar-refractivity contribution < 1.29 is 0 Å². The van der Waals surface area contributed by atoms with Gasteiger partial charge in [0.05, 0.1) is 0 Å². The van der Waals surface area contributed by atoms with Crippen molar-refractivity contribution in [2.24, 2.45) is 10.8 Å². The van der Waals surface area contributed by atoms with E-state index in [1.54, 1.807) is 11.1 Å². The summed E-state index contributed by atoms with van der Waals surface area (Å²) >= 11 is 0. The van der Waals surface area contributed by atoms with Crippen molar-refractivity contribution in [1.82, 2.24) is 4.90 Å². The van der Waals surface area contributed by atoms with E-state index < -0.39 is 0 Å². The monoisotopic (exact) mass is 223 g/mol. The predicted molar refractivity (Wildman–Crippen MR) is 72.6 cm³/mol. The Balaban J connectivity index is 3.37. The molecule has 0 aliphatic carbocycles. The molecular formula is C15H29N. The summed E-state index contributed by atoms with van der Waals surface area (Å²) in [5.41, 5.74) is 3.85. The lowest BCUT2D eigenvalue weighted by molar-refractivity contribution is 0.251. The molecule has 1 heteroatoms. The second kappa shape index (κ2) is 3.87. The third-order valence-electron chi connectivity index (χ3n) is 3.96. The predicted octanol–water partition coefficient (Wildman–Crippen LogP) is 4.10. The summed E-state index contributed by atoms with van der Waals surface area (Å²) in [6, 6.07) is 1.15. The van der Waals surface area contributed by atoms with Crippen molar-refractivity contribution in [1.29, 1.82) is 0 Å². The van der Waals surface area contributed by atoms with Crippen LogP contribution in [-0.4, -0.2) is 24.0 Å². The van der Waals surface area contributed by atoms with Crippen LogP contribution in [0.15, 0.2) is 11.1 Å². The van der Waals surface area contributed by atoms with Crippen molar-refractivity contribution in [3.8, 4) is 0 Å². The lowest BCUT2D eigenvalue weighted by Crippen LogP contribution is -2.33. The maximum Gasteiger partial charge on any atom is 0.0290 e. The number of rotatable bonds is 0. The maximum absolute atomic E-state index is 2.50. The van der Waals surface area contributed by atoms with Gasteiger partial charge in [0.1, 0.15) is 0 Å². The van der Waals surface area contributed by atoms with Crippen LogP contribution in [0.5, 0.6) is 0 Å². The van der Waals surface area contributed by atoms with Gasteiger partial charge in [-0.3, -0.25) is 4.90 Å². The summed E-state index contributed by atoms with van der Waals surface area (Å²) in [7, 11) is 2.25. The van der Waals surface area contributed by atoms with E-state index in [1.165, 1.54) is 0 Å². The summed E-state index contributed by atoms with van der Waals surface area (Å²) in [6.45, 7) is 18.7. The van der Waals surface area contributed by atoms with Gasteiger partial charge in [0.2, 0.25) is 0 Å². The van der Waals surface area contributed by atoms with Gasteiger partial charge in [0.15, 0.2) is 0 Å². The number of likely N-dealkylation sites (N-methyl/N-ethyl adjacent to an activating group) is 1. The van der Waals surface area contributed by atoms with Crippen molar-refractivity contribution in [3.63, 3.8) is 0 Å². The molecule has 0 amide bonds. The Morgan fingerprint density at radius 3 is 1.19 bits per heavy atom. The van der Waals surface area contributed by atoms with Gasteiger partial charge in [-0.15, -0.1) is 0 Å². The Bertz CT molecular complexity index is 268. The highest BCUT2D eigenvalue weighted by Gasteiger charge is 2.42. The average molecular weight is 223 g/mol. The Labute approximate surface area is 102 Å². The second-order valence-electron chi connectivity index (χ2n) is 7.34. The van der Waals surface area contributed by atoms with E-state index in [4.69, 9.17) is 0 Å². The average Bonchev–Trinajstić information content (AvgIpc) is 2.27. The molecule has 0 spiro atoms. The second-order valence-corrected chi connectivity index (χ2v) is 7.34. The van der Waals surface area contributed by atoms with E-state index in [0.29, 0.717) is 12.1 Å². The molecule has 1 aliphatic heterocycles. The Morgan fingerprint density at radius 2 is 1.00 bits per heavy atom. The van der Waals surface area contributed by atoms with Gasteiger partial charge in [-0.1, -0.05) is 41.5 Å². The minimum Gasteiger partial charge on any atom is -0.294 e. The van der Waals surface area contributed by atoms with Gasteiger partial charge in [-0.25, -0.2) is 0 Å². The van der Waals surface area contributed by atoms with Gasteiger partial charge >= 0.3 is 0 Å². The molecule has 0 saturated carbocycles. The molecule has 0 fully saturated rings. The number of hydrogen-bond acceptors (Lipinski definition) is 1. The van der Waals surface area contributed by atoms with Crippen molar-refractivity contribution >= 4 is 0 Å². The van der Waals surface area contributed by atoms with Crippen LogP contribution in [0.25, 0.3) is 0 Å². The fraction of sp³-hybridized carbons (Fsp3) is 0.867. The van der Waals surface area contributed by atoms with Gasteiger partial charge < -0.3 is 0 Å². The smallest absolute Gasteiger partial charge is 0.0290 e. The molecule has 2 atom stereocenters. The zero-order valence-electron chi connectivity index (χ0n) is 12.6. The number of hydrogen-bond donors (Lipinski definition) is 0. The zero-order valence-corrected chi connectivity index (χ0v) is 12.6. The summed E-state index contributed by atoms with van der Waals surface area (Å²) in [4.78, 5) is 2.50. The molecule has 1 aliphatic rings. The van der Waals surface area contributed by atoms with E-state index in [1.807, 2.05) is 0 Å². The highest BCUT2D eigenvalue weighted by Crippen LogP contribution is 2.46. The van der Waals surface area contributed by atoms with Gasteiger partial charge in [-0.05, 0) is 42.9 Å². The Morgan fingerprint density at radius 1 is 0.750 bits per heavy atom. The molecule has 0 aromatic rings. The van der Waals surface area contributed by atoms with Gasteiger partial charge in [0.25, 0.3) is 0 Å². The minimum absolute atomic E-state index is 0.279. The van der Waals surface area contributed by atoms with Crippen molar-refractivity contribution in [2.45, 2.75) is 67.5 Å². The summed E-state index contributed by atoms with van der Waals surface area (Å²) < 4.78 is 0. The lowest BCUT2D eigenvalue weighted by Gasteiger charge is -2.31. The Kier molecular flexibility index (Phi) is 3.33. The molecule has 0 saturated heterocycles. The van der Waals surface area contributed by atoms with Crippen molar-refractivity contribution in [3.05, 3.63) is 11.1 Å². The van der Waals surface area contributed by atoms with Crippen molar-refractivity contribution in [2.75, 3.05) is 7.05 Å². The third kappa shape index (κ3) is 2.20. The SMILES string of the molecule is CC1C(C(C)(C)C)=C(C(C)(C)C)C(C)N1C. The topological polar surface area (TPSA) is 3.24 Å². The first kappa shape index (κ1) is 13.8. The first-order valence-corrected chi connectivity index (χ1v) is 6.45. The van der Waals surface area contributed by atoms with Crippen LogP contribution >= 0.6 is 0 Å². The van der Waals surface area contributed by atoms with E-state index in [9.17, 15) is 0 Å². The quantitative estimate of drug-likeness (QED) is 0.559. The molecule has 1 rings (SSSR count). The summed E-state index contributed by atoms with van der Waals surface area (Å²) in [5.74, 6) is 0. The fourth-order valence-electron chi connectivity index (χ4n) is 3.25. The molecule has 0 aromatic heterocycles. The highest BCUT2D eigenvalue weighted by atomic mass is 15.2. The number of nitrogens with zero attached hydrogens (tertiary/aromatic N) is 1. The van der Waals surface area contributed by atoms with Crippen LogP contribution in [0.2, 0.25) is 0 Å². The van der Waals surface area contributed by atoms with Gasteiger partial charge in [0, 0.05) is 12.1 Å². The molecule has 2 unspecified atom stereocenters. The normalized spacial score (nSPS) is 29.1. The molecule has 0 N–H and O–H groups in total. The van der Waals surface area contributed by atoms with E-state index in [0.717, 1.165) is 0 Å². The Hall–Kier alpha value is -0.300. The fourth-order valence-corrected chi connectivity index (χ4v) is 3.25. The molecule has 1 nitrogen and oxygen atoms in total. The van der Waals surface area contributed by atoms with Crippen LogP contribution in [0.4, 0.5) is 0 Å². The van der Waals surface area contributed by atoms with E-state index >= 15 is 0 Å². The highest BCUT2D eigenvalue weighted by molar-refractivity contribution is 5.37. The molecule has 16 heavy (non-hydrogen) atoms. The van der Waals surface area contributed by atoms with Crippen LogP contribution in [0.3, 0.4) is 0 Å². The first-order valence-electron chi connectivity index (χ1n) is 6.45. The zero-order chi connectivity index (χ0) is 12.9. The van der Waals surface area contributed by atoms with Crippen LogP contribution in [-0.2, 0) is 0 Å². The van der Waals surface area contributed by atoms with E-state index in [2.05, 4.69) is 67.3 Å². The van der Waals surface area contributed by atoms with Crippen LogP contribution < -0.4 is 0 Å². The lowest BCUT2D eigenvalue weighted by atomic mass is 9.73. The molecular weight excluding hydrogens is 194 g/mol. The maximum atomic E-state index is 2.50. The first-order chi connectivity index (χ1) is 6.98. The largest absolute Gasteiger partial charge is 0.294 e. The van der Waals surface area contributed by atoms with Crippen LogP contribution in [0.1, 0.15) is 55.4 Å². The minimum atomic E-state index is 0.279. The van der Waals surface area contributed by atoms with Gasteiger partial charge in [-0.2, -0.15) is 0 Å². The third-order valence-corrected chi connectivity index (χ3v) is 3.96. The summed E-state index contributed by atoms with van der Waals surface area (Å²) in [6.07, 6.45) is 0. The molecule has 1 heterocycles. The summed E-state index contributed by atoms with van der Waals surface area (Å²) in [5, 5.41) is 0. The van der Waals surface area contributed by atoms with Crippen LogP contribution in [0, 0.1) is 10.8 Å². The van der Waals surface area contributed by atoms with E-state index in [-0.39, 0.29) is 10.8 Å². The molecule has 0 bridgehead atoms. The molecule has 0 radical (unpaired) electrons.